The lowest BCUT2D eigenvalue weighted by Gasteiger charge is -2.11. The molecule has 31 heavy (non-hydrogen) atoms. The monoisotopic (exact) mass is 415 g/mol. The van der Waals surface area contributed by atoms with Crippen LogP contribution in [0.3, 0.4) is 0 Å². The van der Waals surface area contributed by atoms with E-state index in [1.807, 2.05) is 36.4 Å². The standard InChI is InChI=1S/C25H25N3O3/c1-18-10-12-19(13-11-18)16-28-23-9-4-3-8-22(23)27-24(28)15-26-25(29)17-31-21-7-5-6-20(14-21)30-2/h3-14H,15-17H2,1-2H3,(H,26,29). The number of nitrogens with one attached hydrogen (secondary N) is 1. The maximum atomic E-state index is 12.4. The van der Waals surface area contributed by atoms with Crippen molar-refractivity contribution in [3.05, 3.63) is 89.7 Å². The smallest absolute Gasteiger partial charge is 0.258 e. The Morgan fingerprint density at radius 2 is 1.77 bits per heavy atom. The van der Waals surface area contributed by atoms with Gasteiger partial charge in [-0.3, -0.25) is 4.79 Å². The highest BCUT2D eigenvalue weighted by Crippen LogP contribution is 2.20. The minimum Gasteiger partial charge on any atom is -0.497 e. The Kier molecular flexibility index (Phi) is 6.17. The van der Waals surface area contributed by atoms with Crippen LogP contribution in [0.1, 0.15) is 17.0 Å². The molecule has 0 spiro atoms. The van der Waals surface area contributed by atoms with Crippen molar-refractivity contribution in [3.8, 4) is 11.5 Å². The van der Waals surface area contributed by atoms with E-state index in [0.717, 1.165) is 16.9 Å². The Balaban J connectivity index is 1.45. The van der Waals surface area contributed by atoms with Gasteiger partial charge in [-0.2, -0.15) is 0 Å². The molecule has 0 atom stereocenters. The molecule has 4 aromatic rings. The number of aryl methyl sites for hydroxylation is 1. The zero-order valence-corrected chi connectivity index (χ0v) is 17.7. The first-order valence-corrected chi connectivity index (χ1v) is 10.2. The van der Waals surface area contributed by atoms with Crippen LogP contribution in [-0.2, 0) is 17.9 Å². The van der Waals surface area contributed by atoms with Crippen LogP contribution in [0.5, 0.6) is 11.5 Å². The number of fused-ring (bicyclic) bond motifs is 1. The van der Waals surface area contributed by atoms with E-state index in [1.54, 1.807) is 19.2 Å². The third-order valence-corrected chi connectivity index (χ3v) is 5.05. The molecule has 1 aromatic heterocycles. The van der Waals surface area contributed by atoms with E-state index < -0.39 is 0 Å². The third-order valence-electron chi connectivity index (χ3n) is 5.05. The number of aromatic nitrogens is 2. The maximum Gasteiger partial charge on any atom is 0.258 e. The number of rotatable bonds is 8. The fourth-order valence-corrected chi connectivity index (χ4v) is 3.38. The van der Waals surface area contributed by atoms with E-state index in [9.17, 15) is 4.79 Å². The van der Waals surface area contributed by atoms with Gasteiger partial charge in [0.1, 0.15) is 17.3 Å². The molecule has 0 saturated heterocycles. The largest absolute Gasteiger partial charge is 0.497 e. The van der Waals surface area contributed by atoms with Crippen LogP contribution in [-0.4, -0.2) is 29.2 Å². The lowest BCUT2D eigenvalue weighted by atomic mass is 10.1. The van der Waals surface area contributed by atoms with E-state index in [0.29, 0.717) is 24.6 Å². The van der Waals surface area contributed by atoms with E-state index in [2.05, 4.69) is 41.1 Å². The molecule has 0 aliphatic heterocycles. The number of imidazole rings is 1. The molecule has 1 heterocycles. The topological polar surface area (TPSA) is 65.4 Å². The van der Waals surface area contributed by atoms with Gasteiger partial charge in [-0.15, -0.1) is 0 Å². The number of para-hydroxylation sites is 2. The van der Waals surface area contributed by atoms with Gasteiger partial charge >= 0.3 is 0 Å². The summed E-state index contributed by atoms with van der Waals surface area (Å²) in [5.41, 5.74) is 4.36. The zero-order chi connectivity index (χ0) is 21.6. The molecule has 0 unspecified atom stereocenters. The SMILES string of the molecule is COc1cccc(OCC(=O)NCc2nc3ccccc3n2Cc2ccc(C)cc2)c1. The van der Waals surface area contributed by atoms with Crippen LogP contribution >= 0.6 is 0 Å². The Morgan fingerprint density at radius 3 is 2.58 bits per heavy atom. The highest BCUT2D eigenvalue weighted by atomic mass is 16.5. The maximum absolute atomic E-state index is 12.4. The minimum atomic E-state index is -0.211. The van der Waals surface area contributed by atoms with Crippen LogP contribution < -0.4 is 14.8 Å². The summed E-state index contributed by atoms with van der Waals surface area (Å²) in [6, 6.07) is 23.6. The summed E-state index contributed by atoms with van der Waals surface area (Å²) >= 11 is 0. The van der Waals surface area contributed by atoms with Gasteiger partial charge in [0.25, 0.3) is 5.91 Å². The summed E-state index contributed by atoms with van der Waals surface area (Å²) < 4.78 is 12.9. The third kappa shape index (κ3) is 5.04. The number of benzene rings is 3. The lowest BCUT2D eigenvalue weighted by Crippen LogP contribution is -2.29. The van der Waals surface area contributed by atoms with Crippen molar-refractivity contribution in [1.82, 2.24) is 14.9 Å². The number of hydrogen-bond acceptors (Lipinski definition) is 4. The molecule has 6 nitrogen and oxygen atoms in total. The second kappa shape index (κ2) is 9.34. The summed E-state index contributed by atoms with van der Waals surface area (Å²) in [6.07, 6.45) is 0. The fourth-order valence-electron chi connectivity index (χ4n) is 3.38. The van der Waals surface area contributed by atoms with E-state index in [-0.39, 0.29) is 12.5 Å². The van der Waals surface area contributed by atoms with Gasteiger partial charge in [-0.25, -0.2) is 4.98 Å². The molecule has 1 N–H and O–H groups in total. The van der Waals surface area contributed by atoms with Gasteiger partial charge in [0, 0.05) is 12.6 Å². The summed E-state index contributed by atoms with van der Waals surface area (Å²) in [6.45, 7) is 3.00. The zero-order valence-electron chi connectivity index (χ0n) is 17.7. The van der Waals surface area contributed by atoms with E-state index in [1.165, 1.54) is 11.1 Å². The first-order valence-electron chi connectivity index (χ1n) is 10.2. The van der Waals surface area contributed by atoms with Crippen molar-refractivity contribution >= 4 is 16.9 Å². The molecular weight excluding hydrogens is 390 g/mol. The number of nitrogens with zero attached hydrogens (tertiary/aromatic N) is 2. The van der Waals surface area contributed by atoms with Crippen molar-refractivity contribution in [1.29, 1.82) is 0 Å². The average molecular weight is 415 g/mol. The van der Waals surface area contributed by atoms with Crippen LogP contribution in [0.15, 0.2) is 72.8 Å². The Labute approximate surface area is 181 Å². The number of ether oxygens (including phenoxy) is 2. The number of carbonyl (C=O) groups excluding carboxylic acids is 1. The molecule has 0 bridgehead atoms. The number of methoxy groups -OCH3 is 1. The minimum absolute atomic E-state index is 0.0780. The first-order chi connectivity index (χ1) is 15.1. The predicted molar refractivity (Wildman–Crippen MR) is 120 cm³/mol. The van der Waals surface area contributed by atoms with Crippen molar-refractivity contribution in [2.75, 3.05) is 13.7 Å². The highest BCUT2D eigenvalue weighted by Gasteiger charge is 2.12. The van der Waals surface area contributed by atoms with Crippen LogP contribution in [0.2, 0.25) is 0 Å². The van der Waals surface area contributed by atoms with Gasteiger partial charge in [-0.1, -0.05) is 48.0 Å². The second-order valence-electron chi connectivity index (χ2n) is 7.33. The fraction of sp³-hybridized carbons (Fsp3) is 0.200. The molecule has 6 heteroatoms. The average Bonchev–Trinajstić information content (AvgIpc) is 3.15. The van der Waals surface area contributed by atoms with Crippen molar-refractivity contribution < 1.29 is 14.3 Å². The normalized spacial score (nSPS) is 10.8. The quantitative estimate of drug-likeness (QED) is 0.471. The van der Waals surface area contributed by atoms with Gasteiger partial charge in [0.2, 0.25) is 0 Å². The van der Waals surface area contributed by atoms with E-state index >= 15 is 0 Å². The molecule has 0 saturated carbocycles. The van der Waals surface area contributed by atoms with Gasteiger partial charge in [0.15, 0.2) is 6.61 Å². The van der Waals surface area contributed by atoms with Crippen molar-refractivity contribution in [2.24, 2.45) is 0 Å². The summed E-state index contributed by atoms with van der Waals surface area (Å²) in [4.78, 5) is 17.1. The molecule has 4 rings (SSSR count). The molecule has 0 radical (unpaired) electrons. The summed E-state index contributed by atoms with van der Waals surface area (Å²) in [5, 5.41) is 2.92. The number of amides is 1. The number of carbonyl (C=O) groups is 1. The number of hydrogen-bond donors (Lipinski definition) is 1. The molecule has 1 amide bonds. The van der Waals surface area contributed by atoms with Crippen LogP contribution in [0.4, 0.5) is 0 Å². The lowest BCUT2D eigenvalue weighted by molar-refractivity contribution is -0.123. The Hall–Kier alpha value is -3.80. The van der Waals surface area contributed by atoms with Crippen LogP contribution in [0, 0.1) is 6.92 Å². The summed E-state index contributed by atoms with van der Waals surface area (Å²) in [5.74, 6) is 1.86. The summed E-state index contributed by atoms with van der Waals surface area (Å²) in [7, 11) is 1.59. The van der Waals surface area contributed by atoms with Crippen molar-refractivity contribution in [3.63, 3.8) is 0 Å². The van der Waals surface area contributed by atoms with E-state index in [4.69, 9.17) is 14.5 Å². The molecule has 158 valence electrons. The molecule has 0 aliphatic rings. The molecule has 0 aliphatic carbocycles. The predicted octanol–water partition coefficient (Wildman–Crippen LogP) is 4.10. The van der Waals surface area contributed by atoms with Crippen LogP contribution in [0.25, 0.3) is 11.0 Å². The molecular formula is C25H25N3O3. The first kappa shape index (κ1) is 20.5. The highest BCUT2D eigenvalue weighted by molar-refractivity contribution is 5.78. The van der Waals surface area contributed by atoms with Crippen molar-refractivity contribution in [2.45, 2.75) is 20.0 Å². The molecule has 3 aromatic carbocycles. The Morgan fingerprint density at radius 1 is 1.00 bits per heavy atom. The second-order valence-corrected chi connectivity index (χ2v) is 7.33. The molecule has 0 fully saturated rings. The van der Waals surface area contributed by atoms with Gasteiger partial charge in [0.05, 0.1) is 24.7 Å². The van der Waals surface area contributed by atoms with Gasteiger partial charge < -0.3 is 19.4 Å². The van der Waals surface area contributed by atoms with Gasteiger partial charge in [-0.05, 0) is 36.8 Å². The Bertz CT molecular complexity index is 1180.